The van der Waals surface area contributed by atoms with E-state index in [0.29, 0.717) is 28.1 Å². The maximum atomic E-state index is 12.8. The standard InChI is InChI=1S/C21H17BrN2O6S/c1-3-8-30-19-15(22)9-13(10-17(19)29-2)11-18-20(25)23(21(26)31-18)12-14-6-4-5-7-16(14)24(27)28/h3-7,9-11H,1,8,12H2,2H3/b18-11-. The van der Waals surface area contributed by atoms with Gasteiger partial charge in [0.25, 0.3) is 16.8 Å². The molecule has 3 rings (SSSR count). The summed E-state index contributed by atoms with van der Waals surface area (Å²) in [6.45, 7) is 3.72. The smallest absolute Gasteiger partial charge is 0.293 e. The molecule has 31 heavy (non-hydrogen) atoms. The number of rotatable bonds is 8. The van der Waals surface area contributed by atoms with Gasteiger partial charge in [-0.2, -0.15) is 0 Å². The Morgan fingerprint density at radius 1 is 1.29 bits per heavy atom. The average molecular weight is 505 g/mol. The van der Waals surface area contributed by atoms with Gasteiger partial charge in [0, 0.05) is 11.6 Å². The SMILES string of the molecule is C=CCOc1c(Br)cc(/C=C2\SC(=O)N(Cc3ccccc3[N+](=O)[O-])C2=O)cc1OC. The normalized spacial score (nSPS) is 14.8. The van der Waals surface area contributed by atoms with Gasteiger partial charge >= 0.3 is 0 Å². The zero-order valence-corrected chi connectivity index (χ0v) is 18.8. The van der Waals surface area contributed by atoms with Gasteiger partial charge in [0.1, 0.15) is 6.61 Å². The summed E-state index contributed by atoms with van der Waals surface area (Å²) in [7, 11) is 1.49. The topological polar surface area (TPSA) is 99.0 Å². The van der Waals surface area contributed by atoms with E-state index in [-0.39, 0.29) is 22.7 Å². The number of para-hydroxylation sites is 1. The third kappa shape index (κ3) is 4.97. The lowest BCUT2D eigenvalue weighted by Crippen LogP contribution is -2.27. The number of hydrogen-bond donors (Lipinski definition) is 0. The number of methoxy groups -OCH3 is 1. The Kier molecular flexibility index (Phi) is 7.13. The number of carbonyl (C=O) groups is 2. The van der Waals surface area contributed by atoms with Crippen molar-refractivity contribution in [2.24, 2.45) is 0 Å². The molecule has 0 saturated carbocycles. The summed E-state index contributed by atoms with van der Waals surface area (Å²) >= 11 is 4.20. The van der Waals surface area contributed by atoms with Gasteiger partial charge in [0.05, 0.1) is 28.0 Å². The molecule has 2 amide bonds. The summed E-state index contributed by atoms with van der Waals surface area (Å²) in [6.07, 6.45) is 3.17. The van der Waals surface area contributed by atoms with E-state index in [1.807, 2.05) is 0 Å². The zero-order chi connectivity index (χ0) is 22.5. The molecule has 0 atom stereocenters. The molecule has 0 aliphatic carbocycles. The fourth-order valence-electron chi connectivity index (χ4n) is 2.89. The van der Waals surface area contributed by atoms with Crippen LogP contribution in [0.5, 0.6) is 11.5 Å². The van der Waals surface area contributed by atoms with Crippen molar-refractivity contribution in [2.45, 2.75) is 6.54 Å². The van der Waals surface area contributed by atoms with Crippen LogP contribution in [0.15, 0.2) is 58.4 Å². The fraction of sp³-hybridized carbons (Fsp3) is 0.143. The fourth-order valence-corrected chi connectivity index (χ4v) is 4.30. The number of thioether (sulfide) groups is 1. The van der Waals surface area contributed by atoms with E-state index in [4.69, 9.17) is 9.47 Å². The van der Waals surface area contributed by atoms with E-state index in [1.54, 1.807) is 30.4 Å². The third-order valence-electron chi connectivity index (χ3n) is 4.29. The summed E-state index contributed by atoms with van der Waals surface area (Å²) in [5.41, 5.74) is 0.754. The van der Waals surface area contributed by atoms with Crippen molar-refractivity contribution in [3.8, 4) is 11.5 Å². The zero-order valence-electron chi connectivity index (χ0n) is 16.4. The molecule has 1 heterocycles. The predicted octanol–water partition coefficient (Wildman–Crippen LogP) is 5.17. The van der Waals surface area contributed by atoms with E-state index in [9.17, 15) is 19.7 Å². The molecule has 0 N–H and O–H groups in total. The molecule has 0 aromatic heterocycles. The van der Waals surface area contributed by atoms with Crippen LogP contribution in [-0.4, -0.2) is 34.7 Å². The van der Waals surface area contributed by atoms with Crippen LogP contribution >= 0.6 is 27.7 Å². The molecule has 1 saturated heterocycles. The lowest BCUT2D eigenvalue weighted by molar-refractivity contribution is -0.385. The van der Waals surface area contributed by atoms with Crippen molar-refractivity contribution < 1.29 is 24.0 Å². The molecule has 2 aromatic carbocycles. The summed E-state index contributed by atoms with van der Waals surface area (Å²) in [5, 5.41) is 10.7. The number of hydrogen-bond acceptors (Lipinski definition) is 7. The molecular formula is C21H17BrN2O6S. The molecule has 0 spiro atoms. The monoisotopic (exact) mass is 504 g/mol. The summed E-state index contributed by atoms with van der Waals surface area (Å²) < 4.78 is 11.6. The average Bonchev–Trinajstić information content (AvgIpc) is 3.00. The number of ether oxygens (including phenoxy) is 2. The molecule has 1 fully saturated rings. The Labute approximate surface area is 190 Å². The Bertz CT molecular complexity index is 1100. The Morgan fingerprint density at radius 2 is 2.03 bits per heavy atom. The number of halogens is 1. The molecule has 10 heteroatoms. The quantitative estimate of drug-likeness (QED) is 0.211. The lowest BCUT2D eigenvalue weighted by atomic mass is 10.1. The second-order valence-electron chi connectivity index (χ2n) is 6.29. The van der Waals surface area contributed by atoms with Gasteiger partial charge in [0.2, 0.25) is 0 Å². The van der Waals surface area contributed by atoms with E-state index in [1.165, 1.54) is 25.3 Å². The largest absolute Gasteiger partial charge is 0.493 e. The van der Waals surface area contributed by atoms with Gasteiger partial charge in [-0.05, 0) is 51.5 Å². The van der Waals surface area contributed by atoms with Crippen LogP contribution in [0.3, 0.4) is 0 Å². The number of imide groups is 1. The Hall–Kier alpha value is -3.11. The van der Waals surface area contributed by atoms with Crippen molar-refractivity contribution >= 4 is 50.6 Å². The molecule has 1 aliphatic rings. The highest BCUT2D eigenvalue weighted by molar-refractivity contribution is 9.10. The Morgan fingerprint density at radius 3 is 2.71 bits per heavy atom. The first-order chi connectivity index (χ1) is 14.8. The first-order valence-electron chi connectivity index (χ1n) is 8.94. The van der Waals surface area contributed by atoms with Gasteiger partial charge in [0.15, 0.2) is 11.5 Å². The molecule has 0 bridgehead atoms. The highest BCUT2D eigenvalue weighted by atomic mass is 79.9. The number of amides is 2. The highest BCUT2D eigenvalue weighted by Crippen LogP contribution is 2.39. The number of nitrogens with zero attached hydrogens (tertiary/aromatic N) is 2. The van der Waals surface area contributed by atoms with E-state index >= 15 is 0 Å². The summed E-state index contributed by atoms with van der Waals surface area (Å²) in [4.78, 5) is 37.1. The Balaban J connectivity index is 1.88. The highest BCUT2D eigenvalue weighted by Gasteiger charge is 2.36. The molecule has 8 nitrogen and oxygen atoms in total. The van der Waals surface area contributed by atoms with Gasteiger partial charge < -0.3 is 9.47 Å². The third-order valence-corrected chi connectivity index (χ3v) is 5.78. The molecule has 160 valence electrons. The van der Waals surface area contributed by atoms with Gasteiger partial charge in [-0.1, -0.05) is 30.9 Å². The van der Waals surface area contributed by atoms with E-state index in [0.717, 1.165) is 16.7 Å². The van der Waals surface area contributed by atoms with Crippen molar-refractivity contribution in [2.75, 3.05) is 13.7 Å². The van der Waals surface area contributed by atoms with Crippen LogP contribution in [0.2, 0.25) is 0 Å². The van der Waals surface area contributed by atoms with E-state index < -0.39 is 16.1 Å². The van der Waals surface area contributed by atoms with E-state index in [2.05, 4.69) is 22.5 Å². The minimum atomic E-state index is -0.538. The number of nitro groups is 1. The van der Waals surface area contributed by atoms with Gasteiger partial charge in [-0.25, -0.2) is 0 Å². The van der Waals surface area contributed by atoms with Crippen LogP contribution in [-0.2, 0) is 11.3 Å². The number of benzene rings is 2. The molecular weight excluding hydrogens is 488 g/mol. The maximum absolute atomic E-state index is 12.8. The number of carbonyl (C=O) groups excluding carboxylic acids is 2. The van der Waals surface area contributed by atoms with Crippen LogP contribution in [0.1, 0.15) is 11.1 Å². The number of nitro benzene ring substituents is 1. The van der Waals surface area contributed by atoms with Crippen LogP contribution in [0.25, 0.3) is 6.08 Å². The van der Waals surface area contributed by atoms with Crippen molar-refractivity contribution in [1.82, 2.24) is 4.90 Å². The lowest BCUT2D eigenvalue weighted by Gasteiger charge is -2.13. The summed E-state index contributed by atoms with van der Waals surface area (Å²) in [6, 6.07) is 9.43. The van der Waals surface area contributed by atoms with Crippen molar-refractivity contribution in [3.05, 3.63) is 79.7 Å². The van der Waals surface area contributed by atoms with Crippen LogP contribution in [0.4, 0.5) is 10.5 Å². The summed E-state index contributed by atoms with van der Waals surface area (Å²) in [5.74, 6) is 0.417. The molecule has 0 unspecified atom stereocenters. The molecule has 0 radical (unpaired) electrons. The minimum absolute atomic E-state index is 0.144. The second kappa shape index (κ2) is 9.80. The molecule has 2 aromatic rings. The van der Waals surface area contributed by atoms with Crippen molar-refractivity contribution in [3.63, 3.8) is 0 Å². The first-order valence-corrected chi connectivity index (χ1v) is 10.6. The maximum Gasteiger partial charge on any atom is 0.293 e. The molecule has 1 aliphatic heterocycles. The minimum Gasteiger partial charge on any atom is -0.493 e. The van der Waals surface area contributed by atoms with Gasteiger partial charge in [-0.3, -0.25) is 24.6 Å². The van der Waals surface area contributed by atoms with Crippen LogP contribution < -0.4 is 9.47 Å². The van der Waals surface area contributed by atoms with Crippen LogP contribution in [0, 0.1) is 10.1 Å². The van der Waals surface area contributed by atoms with Gasteiger partial charge in [-0.15, -0.1) is 0 Å². The predicted molar refractivity (Wildman–Crippen MR) is 121 cm³/mol. The first kappa shape index (κ1) is 22.6. The van der Waals surface area contributed by atoms with Crippen molar-refractivity contribution in [1.29, 1.82) is 0 Å². The second-order valence-corrected chi connectivity index (χ2v) is 8.13.